The topological polar surface area (TPSA) is 104 Å². The van der Waals surface area contributed by atoms with Gasteiger partial charge in [0.25, 0.3) is 0 Å². The van der Waals surface area contributed by atoms with E-state index in [9.17, 15) is 14.7 Å². The Bertz CT molecular complexity index is 1110. The lowest BCUT2D eigenvalue weighted by atomic mass is 10.1. The van der Waals surface area contributed by atoms with Crippen LogP contribution in [0.2, 0.25) is 0 Å². The Labute approximate surface area is 197 Å². The Kier molecular flexibility index (Phi) is 7.12. The molecule has 0 spiro atoms. The Hall–Kier alpha value is -4.27. The minimum absolute atomic E-state index is 0.152. The van der Waals surface area contributed by atoms with Gasteiger partial charge in [0.05, 0.1) is 19.3 Å². The smallest absolute Gasteiger partial charge is 0.407 e. The van der Waals surface area contributed by atoms with E-state index >= 15 is 0 Å². The van der Waals surface area contributed by atoms with Crippen molar-refractivity contribution in [3.63, 3.8) is 0 Å². The molecule has 0 saturated carbocycles. The molecule has 1 aliphatic rings. The maximum Gasteiger partial charge on any atom is 0.407 e. The average Bonchev–Trinajstić information content (AvgIpc) is 2.88. The van der Waals surface area contributed by atoms with Gasteiger partial charge in [0.1, 0.15) is 18.1 Å². The number of urea groups is 1. The quantitative estimate of drug-likeness (QED) is 0.573. The van der Waals surface area contributed by atoms with E-state index in [-0.39, 0.29) is 32.3 Å². The van der Waals surface area contributed by atoms with Gasteiger partial charge in [0.15, 0.2) is 0 Å². The maximum atomic E-state index is 13.1. The van der Waals surface area contributed by atoms with Crippen LogP contribution in [-0.4, -0.2) is 71.4 Å². The summed E-state index contributed by atoms with van der Waals surface area (Å²) in [7, 11) is 1.63. The summed E-state index contributed by atoms with van der Waals surface area (Å²) in [4.78, 5) is 31.5. The van der Waals surface area contributed by atoms with E-state index in [1.54, 1.807) is 36.5 Å². The predicted octanol–water partition coefficient (Wildman–Crippen LogP) is 4.03. The summed E-state index contributed by atoms with van der Waals surface area (Å²) < 4.78 is 11.0. The number of pyridine rings is 1. The first-order chi connectivity index (χ1) is 16.5. The molecule has 3 amide bonds. The molecule has 34 heavy (non-hydrogen) atoms. The molecule has 1 aromatic heterocycles. The van der Waals surface area contributed by atoms with Crippen LogP contribution >= 0.6 is 0 Å². The molecule has 1 unspecified atom stereocenters. The van der Waals surface area contributed by atoms with E-state index in [0.717, 1.165) is 16.9 Å². The maximum absolute atomic E-state index is 13.1. The molecule has 1 atom stereocenters. The van der Waals surface area contributed by atoms with Gasteiger partial charge in [-0.25, -0.2) is 9.59 Å². The molecule has 1 saturated heterocycles. The summed E-state index contributed by atoms with van der Waals surface area (Å²) in [6.07, 6.45) is 2.20. The number of carbonyl (C=O) groups excluding carboxylic acids is 1. The van der Waals surface area contributed by atoms with Crippen LogP contribution in [0.4, 0.5) is 15.3 Å². The molecule has 4 rings (SSSR count). The molecular formula is C25H26N4O5. The largest absolute Gasteiger partial charge is 0.497 e. The molecule has 0 aliphatic carbocycles. The number of nitrogens with one attached hydrogen (secondary N) is 1. The third-order valence-corrected chi connectivity index (χ3v) is 5.65. The fraction of sp³-hybridized carbons (Fsp3) is 0.240. The lowest BCUT2D eigenvalue weighted by Gasteiger charge is -2.39. The first-order valence-electron chi connectivity index (χ1n) is 10.9. The van der Waals surface area contributed by atoms with Crippen molar-refractivity contribution >= 4 is 17.8 Å². The van der Waals surface area contributed by atoms with Crippen LogP contribution in [0.15, 0.2) is 73.1 Å². The molecule has 1 fully saturated rings. The van der Waals surface area contributed by atoms with Crippen LogP contribution in [0.5, 0.6) is 11.5 Å². The number of hydrogen-bond donors (Lipinski definition) is 2. The van der Waals surface area contributed by atoms with Gasteiger partial charge >= 0.3 is 12.1 Å². The van der Waals surface area contributed by atoms with Gasteiger partial charge in [0.2, 0.25) is 0 Å². The molecule has 2 aromatic carbocycles. The zero-order chi connectivity index (χ0) is 23.9. The van der Waals surface area contributed by atoms with Crippen LogP contribution in [-0.2, 0) is 0 Å². The number of anilines is 1. The van der Waals surface area contributed by atoms with E-state index in [4.69, 9.17) is 9.47 Å². The number of amides is 3. The number of methoxy groups -OCH3 is 1. The lowest BCUT2D eigenvalue weighted by Crippen LogP contribution is -2.59. The molecule has 2 N–H and O–H groups in total. The number of carbonyl (C=O) groups is 2. The second kappa shape index (κ2) is 10.6. The number of ether oxygens (including phenoxy) is 2. The van der Waals surface area contributed by atoms with Crippen molar-refractivity contribution < 1.29 is 24.2 Å². The zero-order valence-electron chi connectivity index (χ0n) is 18.8. The molecule has 9 heteroatoms. The van der Waals surface area contributed by atoms with Gasteiger partial charge < -0.3 is 29.7 Å². The number of carboxylic acid groups (broad SMARTS) is 1. The van der Waals surface area contributed by atoms with Gasteiger partial charge in [-0.3, -0.25) is 4.98 Å². The van der Waals surface area contributed by atoms with E-state index in [2.05, 4.69) is 10.3 Å². The summed E-state index contributed by atoms with van der Waals surface area (Å²) in [6.45, 7) is 0.824. The number of aromatic nitrogens is 1. The van der Waals surface area contributed by atoms with Crippen LogP contribution in [0, 0.1) is 0 Å². The number of benzene rings is 2. The van der Waals surface area contributed by atoms with Gasteiger partial charge in [-0.2, -0.15) is 0 Å². The lowest BCUT2D eigenvalue weighted by molar-refractivity contribution is 0.0675. The van der Waals surface area contributed by atoms with Crippen molar-refractivity contribution in [3.8, 4) is 22.6 Å². The predicted molar refractivity (Wildman–Crippen MR) is 127 cm³/mol. The number of hydrogen-bond acceptors (Lipinski definition) is 5. The fourth-order valence-electron chi connectivity index (χ4n) is 3.79. The third-order valence-electron chi connectivity index (χ3n) is 5.65. The van der Waals surface area contributed by atoms with E-state index < -0.39 is 12.1 Å². The van der Waals surface area contributed by atoms with Gasteiger partial charge in [0, 0.05) is 31.5 Å². The number of piperazine rings is 1. The normalized spacial score (nSPS) is 15.5. The second-order valence-electron chi connectivity index (χ2n) is 7.81. The standard InChI is InChI=1S/C25H26N4O5/c1-33-22-10-6-19(7-11-22)18-4-8-20(9-5-18)27-24(30)29-14-13-28(25(31)32)16-21(29)17-34-23-3-2-12-26-15-23/h2-12,15,21H,13-14,16-17H2,1H3,(H,27,30)(H,31,32). The Morgan fingerprint density at radius 1 is 1.03 bits per heavy atom. The van der Waals surface area contributed by atoms with Crippen molar-refractivity contribution in [2.45, 2.75) is 6.04 Å². The Morgan fingerprint density at radius 3 is 2.35 bits per heavy atom. The van der Waals surface area contributed by atoms with Crippen molar-refractivity contribution in [3.05, 3.63) is 73.1 Å². The van der Waals surface area contributed by atoms with E-state index in [0.29, 0.717) is 11.4 Å². The molecule has 3 aromatic rings. The van der Waals surface area contributed by atoms with Crippen LogP contribution < -0.4 is 14.8 Å². The number of nitrogens with zero attached hydrogens (tertiary/aromatic N) is 3. The Morgan fingerprint density at radius 2 is 1.74 bits per heavy atom. The van der Waals surface area contributed by atoms with Crippen LogP contribution in [0.1, 0.15) is 0 Å². The highest BCUT2D eigenvalue weighted by atomic mass is 16.5. The highest BCUT2D eigenvalue weighted by Crippen LogP contribution is 2.24. The van der Waals surface area contributed by atoms with Crippen molar-refractivity contribution in [1.29, 1.82) is 0 Å². The second-order valence-corrected chi connectivity index (χ2v) is 7.81. The first-order valence-corrected chi connectivity index (χ1v) is 10.9. The SMILES string of the molecule is COc1ccc(-c2ccc(NC(=O)N3CCN(C(=O)O)CC3COc3cccnc3)cc2)cc1. The molecule has 0 radical (unpaired) electrons. The minimum atomic E-state index is -1.01. The highest BCUT2D eigenvalue weighted by molar-refractivity contribution is 5.90. The van der Waals surface area contributed by atoms with Crippen molar-refractivity contribution in [2.24, 2.45) is 0 Å². The van der Waals surface area contributed by atoms with E-state index in [1.165, 1.54) is 4.90 Å². The molecule has 0 bridgehead atoms. The van der Waals surface area contributed by atoms with Gasteiger partial charge in [-0.1, -0.05) is 24.3 Å². The Balaban J connectivity index is 1.42. The monoisotopic (exact) mass is 462 g/mol. The summed E-state index contributed by atoms with van der Waals surface area (Å²) in [5.74, 6) is 1.35. The van der Waals surface area contributed by atoms with Crippen molar-refractivity contribution in [2.75, 3.05) is 38.7 Å². The summed E-state index contributed by atoms with van der Waals surface area (Å²) in [5.41, 5.74) is 2.70. The molecule has 1 aliphatic heterocycles. The summed E-state index contributed by atoms with van der Waals surface area (Å²) >= 11 is 0. The average molecular weight is 463 g/mol. The van der Waals surface area contributed by atoms with Gasteiger partial charge in [-0.15, -0.1) is 0 Å². The minimum Gasteiger partial charge on any atom is -0.497 e. The molecular weight excluding hydrogens is 436 g/mol. The van der Waals surface area contributed by atoms with Crippen molar-refractivity contribution in [1.82, 2.24) is 14.8 Å². The highest BCUT2D eigenvalue weighted by Gasteiger charge is 2.33. The number of rotatable bonds is 6. The van der Waals surface area contributed by atoms with Crippen LogP contribution in [0.25, 0.3) is 11.1 Å². The van der Waals surface area contributed by atoms with Gasteiger partial charge in [-0.05, 0) is 47.5 Å². The first kappa shape index (κ1) is 22.9. The molecule has 176 valence electrons. The third kappa shape index (κ3) is 5.55. The summed E-state index contributed by atoms with van der Waals surface area (Å²) in [6, 6.07) is 18.1. The molecule has 9 nitrogen and oxygen atoms in total. The molecule has 2 heterocycles. The fourth-order valence-corrected chi connectivity index (χ4v) is 3.79. The summed E-state index contributed by atoms with van der Waals surface area (Å²) in [5, 5.41) is 12.3. The zero-order valence-corrected chi connectivity index (χ0v) is 18.8. The van der Waals surface area contributed by atoms with E-state index in [1.807, 2.05) is 48.5 Å². The van der Waals surface area contributed by atoms with Crippen LogP contribution in [0.3, 0.4) is 0 Å².